The lowest BCUT2D eigenvalue weighted by molar-refractivity contribution is -0.118. The molecule has 0 atom stereocenters. The van der Waals surface area contributed by atoms with Gasteiger partial charge in [-0.1, -0.05) is 24.2 Å². The molecule has 2 aromatic heterocycles. The van der Waals surface area contributed by atoms with Crippen LogP contribution in [0.15, 0.2) is 40.9 Å². The van der Waals surface area contributed by atoms with Gasteiger partial charge in [0.1, 0.15) is 22.8 Å². The van der Waals surface area contributed by atoms with Crippen molar-refractivity contribution in [3.63, 3.8) is 0 Å². The fourth-order valence-electron chi connectivity index (χ4n) is 3.39. The van der Waals surface area contributed by atoms with Crippen molar-refractivity contribution in [2.75, 3.05) is 29.9 Å². The van der Waals surface area contributed by atoms with Crippen molar-refractivity contribution in [3.05, 3.63) is 42.2 Å². The van der Waals surface area contributed by atoms with Crippen LogP contribution in [0.25, 0.3) is 10.9 Å². The Hall–Kier alpha value is -3.09. The van der Waals surface area contributed by atoms with Gasteiger partial charge in [0.25, 0.3) is 5.91 Å². The summed E-state index contributed by atoms with van der Waals surface area (Å²) >= 11 is 0. The zero-order valence-corrected chi connectivity index (χ0v) is 16.1. The molecule has 1 aromatic carbocycles. The number of pyridine rings is 1. The van der Waals surface area contributed by atoms with Crippen LogP contribution in [0.5, 0.6) is 5.75 Å². The van der Waals surface area contributed by atoms with E-state index in [1.54, 1.807) is 13.0 Å². The highest BCUT2D eigenvalue weighted by Crippen LogP contribution is 2.28. The van der Waals surface area contributed by atoms with Crippen LogP contribution in [-0.2, 0) is 4.79 Å². The third kappa shape index (κ3) is 4.08. The van der Waals surface area contributed by atoms with Crippen LogP contribution < -0.4 is 15.0 Å². The standard InChI is InChI=1S/C21H24N4O3/c1-14-8-10-25(11-9-14)19-7-6-16-4-3-5-17(21(16)23-19)27-13-20(26)22-18-12-15(2)28-24-18/h3-7,12,14H,8-11,13H2,1-2H3,(H,22,24,26). The maximum atomic E-state index is 12.1. The third-order valence-corrected chi connectivity index (χ3v) is 5.03. The van der Waals surface area contributed by atoms with E-state index in [1.807, 2.05) is 18.2 Å². The summed E-state index contributed by atoms with van der Waals surface area (Å²) in [5.41, 5.74) is 0.767. The first-order valence-electron chi connectivity index (χ1n) is 9.59. The van der Waals surface area contributed by atoms with Crippen LogP contribution in [0.1, 0.15) is 25.5 Å². The Balaban J connectivity index is 1.48. The van der Waals surface area contributed by atoms with E-state index in [-0.39, 0.29) is 12.5 Å². The zero-order valence-electron chi connectivity index (χ0n) is 16.1. The molecule has 7 heteroatoms. The number of carbonyl (C=O) groups excluding carboxylic acids is 1. The fraction of sp³-hybridized carbons (Fsp3) is 0.381. The van der Waals surface area contributed by atoms with Gasteiger partial charge in [0, 0.05) is 24.5 Å². The minimum Gasteiger partial charge on any atom is -0.481 e. The molecule has 0 saturated carbocycles. The number of nitrogens with one attached hydrogen (secondary N) is 1. The number of hydrogen-bond donors (Lipinski definition) is 1. The minimum atomic E-state index is -0.300. The van der Waals surface area contributed by atoms with Crippen molar-refractivity contribution >= 4 is 28.4 Å². The van der Waals surface area contributed by atoms with Gasteiger partial charge < -0.3 is 19.5 Å². The summed E-state index contributed by atoms with van der Waals surface area (Å²) in [5.74, 6) is 3.03. The molecular weight excluding hydrogens is 356 g/mol. The van der Waals surface area contributed by atoms with E-state index in [1.165, 1.54) is 12.8 Å². The second-order valence-electron chi connectivity index (χ2n) is 7.33. The Morgan fingerprint density at radius 3 is 2.86 bits per heavy atom. The Labute approximate surface area is 163 Å². The summed E-state index contributed by atoms with van der Waals surface area (Å²) in [5, 5.41) is 7.39. The van der Waals surface area contributed by atoms with Gasteiger partial charge in [-0.25, -0.2) is 4.98 Å². The highest BCUT2D eigenvalue weighted by atomic mass is 16.5. The number of aryl methyl sites for hydroxylation is 1. The predicted molar refractivity (Wildman–Crippen MR) is 108 cm³/mol. The number of anilines is 2. The van der Waals surface area contributed by atoms with Gasteiger partial charge in [0.15, 0.2) is 12.4 Å². The average molecular weight is 380 g/mol. The number of aromatic nitrogens is 2. The number of carbonyl (C=O) groups is 1. The molecule has 1 fully saturated rings. The first-order chi connectivity index (χ1) is 13.6. The van der Waals surface area contributed by atoms with Crippen LogP contribution in [0.3, 0.4) is 0 Å². The van der Waals surface area contributed by atoms with E-state index in [0.29, 0.717) is 17.3 Å². The molecule has 3 aromatic rings. The first-order valence-corrected chi connectivity index (χ1v) is 9.59. The minimum absolute atomic E-state index is 0.127. The Kier molecular flexibility index (Phi) is 5.14. The lowest BCUT2D eigenvalue weighted by Gasteiger charge is -2.31. The molecule has 7 nitrogen and oxygen atoms in total. The van der Waals surface area contributed by atoms with Crippen molar-refractivity contribution < 1.29 is 14.1 Å². The molecule has 1 N–H and O–H groups in total. The Morgan fingerprint density at radius 1 is 1.29 bits per heavy atom. The molecule has 0 bridgehead atoms. The van der Waals surface area contributed by atoms with E-state index in [2.05, 4.69) is 34.4 Å². The molecule has 1 aliphatic rings. The van der Waals surface area contributed by atoms with Gasteiger partial charge in [-0.2, -0.15) is 0 Å². The number of para-hydroxylation sites is 1. The van der Waals surface area contributed by atoms with Crippen LogP contribution in [0, 0.1) is 12.8 Å². The second-order valence-corrected chi connectivity index (χ2v) is 7.33. The average Bonchev–Trinajstić information content (AvgIpc) is 3.11. The summed E-state index contributed by atoms with van der Waals surface area (Å²) in [6.07, 6.45) is 2.36. The van der Waals surface area contributed by atoms with Crippen molar-refractivity contribution in [2.24, 2.45) is 5.92 Å². The number of nitrogens with zero attached hydrogens (tertiary/aromatic N) is 3. The van der Waals surface area contributed by atoms with E-state index >= 15 is 0 Å². The molecule has 4 rings (SSSR count). The SMILES string of the molecule is Cc1cc(NC(=O)COc2cccc3ccc(N4CCC(C)CC4)nc23)no1. The number of hydrogen-bond acceptors (Lipinski definition) is 6. The van der Waals surface area contributed by atoms with E-state index in [0.717, 1.165) is 35.7 Å². The molecule has 1 saturated heterocycles. The van der Waals surface area contributed by atoms with Crippen molar-refractivity contribution in [1.29, 1.82) is 0 Å². The van der Waals surface area contributed by atoms with Gasteiger partial charge in [-0.3, -0.25) is 4.79 Å². The number of amides is 1. The van der Waals surface area contributed by atoms with Crippen LogP contribution in [0.4, 0.5) is 11.6 Å². The molecule has 3 heterocycles. The van der Waals surface area contributed by atoms with Crippen LogP contribution in [0.2, 0.25) is 0 Å². The molecule has 146 valence electrons. The maximum Gasteiger partial charge on any atom is 0.263 e. The van der Waals surface area contributed by atoms with E-state index < -0.39 is 0 Å². The zero-order chi connectivity index (χ0) is 19.5. The van der Waals surface area contributed by atoms with Gasteiger partial charge in [-0.05, 0) is 43.9 Å². The molecular formula is C21H24N4O3. The number of fused-ring (bicyclic) bond motifs is 1. The quantitative estimate of drug-likeness (QED) is 0.725. The first kappa shape index (κ1) is 18.3. The highest BCUT2D eigenvalue weighted by molar-refractivity contribution is 5.91. The predicted octanol–water partition coefficient (Wildman–Crippen LogP) is 3.79. The van der Waals surface area contributed by atoms with Gasteiger partial charge >= 0.3 is 0 Å². The number of piperidine rings is 1. The summed E-state index contributed by atoms with van der Waals surface area (Å²) in [6.45, 7) is 5.96. The third-order valence-electron chi connectivity index (χ3n) is 5.03. The Morgan fingerprint density at radius 2 is 2.11 bits per heavy atom. The molecule has 0 radical (unpaired) electrons. The fourth-order valence-corrected chi connectivity index (χ4v) is 3.39. The summed E-state index contributed by atoms with van der Waals surface area (Å²) in [4.78, 5) is 19.3. The lowest BCUT2D eigenvalue weighted by Crippen LogP contribution is -2.33. The van der Waals surface area contributed by atoms with Gasteiger partial charge in [0.05, 0.1) is 0 Å². The van der Waals surface area contributed by atoms with Gasteiger partial charge in [0.2, 0.25) is 0 Å². The summed E-state index contributed by atoms with van der Waals surface area (Å²) < 4.78 is 10.7. The van der Waals surface area contributed by atoms with E-state index in [4.69, 9.17) is 14.2 Å². The van der Waals surface area contributed by atoms with Crippen molar-refractivity contribution in [3.8, 4) is 5.75 Å². The highest BCUT2D eigenvalue weighted by Gasteiger charge is 2.18. The summed E-state index contributed by atoms with van der Waals surface area (Å²) in [7, 11) is 0. The van der Waals surface area contributed by atoms with Crippen molar-refractivity contribution in [2.45, 2.75) is 26.7 Å². The number of ether oxygens (including phenoxy) is 1. The van der Waals surface area contributed by atoms with E-state index in [9.17, 15) is 4.79 Å². The number of benzene rings is 1. The maximum absolute atomic E-state index is 12.1. The normalized spacial score (nSPS) is 15.0. The molecule has 1 amide bonds. The lowest BCUT2D eigenvalue weighted by atomic mass is 9.99. The van der Waals surface area contributed by atoms with Crippen LogP contribution >= 0.6 is 0 Å². The molecule has 0 spiro atoms. The topological polar surface area (TPSA) is 80.5 Å². The largest absolute Gasteiger partial charge is 0.481 e. The van der Waals surface area contributed by atoms with Gasteiger partial charge in [-0.15, -0.1) is 0 Å². The number of rotatable bonds is 5. The summed E-state index contributed by atoms with van der Waals surface area (Å²) in [6, 6.07) is 11.5. The monoisotopic (exact) mass is 380 g/mol. The van der Waals surface area contributed by atoms with Crippen molar-refractivity contribution in [1.82, 2.24) is 10.1 Å². The molecule has 0 unspecified atom stereocenters. The Bertz CT molecular complexity index is 977. The van der Waals surface area contributed by atoms with Crippen LogP contribution in [-0.4, -0.2) is 35.7 Å². The smallest absolute Gasteiger partial charge is 0.263 e. The second kappa shape index (κ2) is 7.88. The molecule has 1 aliphatic heterocycles. The molecule has 28 heavy (non-hydrogen) atoms. The molecule has 0 aliphatic carbocycles.